The number of ether oxygens (including phenoxy) is 3. The van der Waals surface area contributed by atoms with E-state index in [-0.39, 0.29) is 25.7 Å². The Labute approximate surface area is 144 Å². The summed E-state index contributed by atoms with van der Waals surface area (Å²) in [6, 6.07) is 0. The number of carbonyl (C=O) groups excluding carboxylic acids is 3. The fraction of sp³-hybridized carbons (Fsp3) is 0.733. The molecule has 0 heterocycles. The molecule has 0 amide bonds. The molecule has 144 valence electrons. The lowest BCUT2D eigenvalue weighted by Gasteiger charge is -2.15. The molecule has 10 heteroatoms. The molecule has 0 aliphatic rings. The number of aliphatic hydroxyl groups excluding tert-OH is 2. The molecule has 0 aliphatic carbocycles. The Balaban J connectivity index is 3.91. The molecule has 0 aliphatic heterocycles. The third kappa shape index (κ3) is 13.9. The monoisotopic (exact) mass is 364 g/mol. The van der Waals surface area contributed by atoms with E-state index in [9.17, 15) is 24.3 Å². The molecular weight excluding hydrogens is 340 g/mol. The maximum Gasteiger partial charge on any atom is 0.309 e. The van der Waals surface area contributed by atoms with Gasteiger partial charge in [0.2, 0.25) is 0 Å². The summed E-state index contributed by atoms with van der Waals surface area (Å²) in [7, 11) is 0. The second-order valence-corrected chi connectivity index (χ2v) is 5.47. The molecule has 3 N–H and O–H groups in total. The Morgan fingerprint density at radius 2 is 1.40 bits per heavy atom. The SMILES string of the molecule is C[C@H](CC(=O)OCC(O)COC(=O)CCC(=O)O)OC(=O)C[C@@H](C)O. The van der Waals surface area contributed by atoms with Gasteiger partial charge in [-0.1, -0.05) is 0 Å². The maximum absolute atomic E-state index is 11.5. The van der Waals surface area contributed by atoms with Crippen molar-refractivity contribution in [2.45, 2.75) is 57.8 Å². The zero-order valence-electron chi connectivity index (χ0n) is 14.2. The van der Waals surface area contributed by atoms with Gasteiger partial charge in [-0.2, -0.15) is 0 Å². The number of rotatable bonds is 12. The van der Waals surface area contributed by atoms with Gasteiger partial charge in [0.15, 0.2) is 0 Å². The van der Waals surface area contributed by atoms with Crippen LogP contribution in [0.2, 0.25) is 0 Å². The van der Waals surface area contributed by atoms with Crippen LogP contribution in [0, 0.1) is 0 Å². The second kappa shape index (κ2) is 12.2. The van der Waals surface area contributed by atoms with Crippen LogP contribution in [-0.2, 0) is 33.4 Å². The number of hydrogen-bond donors (Lipinski definition) is 3. The van der Waals surface area contributed by atoms with Gasteiger partial charge in [0, 0.05) is 0 Å². The Morgan fingerprint density at radius 3 is 1.92 bits per heavy atom. The first-order valence-electron chi connectivity index (χ1n) is 7.68. The molecule has 0 rings (SSSR count). The van der Waals surface area contributed by atoms with E-state index in [1.807, 2.05) is 0 Å². The van der Waals surface area contributed by atoms with E-state index >= 15 is 0 Å². The highest BCUT2D eigenvalue weighted by molar-refractivity contribution is 5.76. The minimum Gasteiger partial charge on any atom is -0.481 e. The molecule has 0 bridgehead atoms. The largest absolute Gasteiger partial charge is 0.481 e. The minimum absolute atomic E-state index is 0.189. The van der Waals surface area contributed by atoms with Crippen molar-refractivity contribution in [3.63, 3.8) is 0 Å². The fourth-order valence-corrected chi connectivity index (χ4v) is 1.56. The molecule has 0 spiro atoms. The standard InChI is InChI=1S/C15H24O10/c1-9(16)5-15(22)25-10(2)6-14(21)24-8-11(17)7-23-13(20)4-3-12(18)19/h9-11,16-17H,3-8H2,1-2H3,(H,18,19)/t9-,10-,11?/m1/s1. The number of hydrogen-bond acceptors (Lipinski definition) is 9. The molecule has 0 aromatic carbocycles. The average molecular weight is 364 g/mol. The van der Waals surface area contributed by atoms with Gasteiger partial charge in [0.25, 0.3) is 0 Å². The van der Waals surface area contributed by atoms with Crippen LogP contribution in [-0.4, -0.2) is 70.7 Å². The quantitative estimate of drug-likeness (QED) is 0.301. The van der Waals surface area contributed by atoms with Crippen molar-refractivity contribution in [2.24, 2.45) is 0 Å². The summed E-state index contributed by atoms with van der Waals surface area (Å²) >= 11 is 0. The van der Waals surface area contributed by atoms with Crippen LogP contribution in [0.1, 0.15) is 39.5 Å². The molecule has 1 unspecified atom stereocenters. The molecule has 0 fully saturated rings. The van der Waals surface area contributed by atoms with Crippen LogP contribution in [0.5, 0.6) is 0 Å². The van der Waals surface area contributed by atoms with Crippen molar-refractivity contribution < 1.29 is 48.7 Å². The maximum atomic E-state index is 11.5. The van der Waals surface area contributed by atoms with Gasteiger partial charge in [-0.15, -0.1) is 0 Å². The lowest BCUT2D eigenvalue weighted by Crippen LogP contribution is -2.27. The molecular formula is C15H24O10. The molecule has 25 heavy (non-hydrogen) atoms. The summed E-state index contributed by atoms with van der Waals surface area (Å²) in [5, 5.41) is 26.9. The van der Waals surface area contributed by atoms with Crippen molar-refractivity contribution in [3.05, 3.63) is 0 Å². The summed E-state index contributed by atoms with van der Waals surface area (Å²) in [6.45, 7) is 2.03. The number of carboxylic acid groups (broad SMARTS) is 1. The zero-order valence-corrected chi connectivity index (χ0v) is 14.2. The van der Waals surface area contributed by atoms with Crippen LogP contribution >= 0.6 is 0 Å². The summed E-state index contributed by atoms with van der Waals surface area (Å²) in [5.41, 5.74) is 0. The van der Waals surface area contributed by atoms with Gasteiger partial charge in [0.1, 0.15) is 25.4 Å². The lowest BCUT2D eigenvalue weighted by molar-refractivity contribution is -0.158. The molecule has 3 atom stereocenters. The van der Waals surface area contributed by atoms with Crippen molar-refractivity contribution in [1.82, 2.24) is 0 Å². The summed E-state index contributed by atoms with van der Waals surface area (Å²) in [5.74, 6) is -3.31. The van der Waals surface area contributed by atoms with Crippen LogP contribution in [0.3, 0.4) is 0 Å². The predicted octanol–water partition coefficient (Wildman–Crippen LogP) is -0.609. The smallest absolute Gasteiger partial charge is 0.309 e. The van der Waals surface area contributed by atoms with Gasteiger partial charge in [-0.05, 0) is 13.8 Å². The number of aliphatic hydroxyl groups is 2. The van der Waals surface area contributed by atoms with Crippen molar-refractivity contribution in [2.75, 3.05) is 13.2 Å². The number of carbonyl (C=O) groups is 4. The van der Waals surface area contributed by atoms with Gasteiger partial charge >= 0.3 is 23.9 Å². The summed E-state index contributed by atoms with van der Waals surface area (Å²) in [6.07, 6.45) is -4.00. The first-order valence-corrected chi connectivity index (χ1v) is 7.68. The highest BCUT2D eigenvalue weighted by Crippen LogP contribution is 2.04. The van der Waals surface area contributed by atoms with Crippen LogP contribution in [0.15, 0.2) is 0 Å². The highest BCUT2D eigenvalue weighted by atomic mass is 16.6. The second-order valence-electron chi connectivity index (χ2n) is 5.47. The third-order valence-electron chi connectivity index (χ3n) is 2.67. The average Bonchev–Trinajstić information content (AvgIpc) is 2.47. The Bertz CT molecular complexity index is 459. The van der Waals surface area contributed by atoms with Crippen molar-refractivity contribution >= 4 is 23.9 Å². The first-order chi connectivity index (χ1) is 11.6. The highest BCUT2D eigenvalue weighted by Gasteiger charge is 2.18. The number of esters is 3. The minimum atomic E-state index is -1.26. The molecule has 10 nitrogen and oxygen atoms in total. The van der Waals surface area contributed by atoms with E-state index in [4.69, 9.17) is 19.7 Å². The van der Waals surface area contributed by atoms with E-state index in [2.05, 4.69) is 4.74 Å². The van der Waals surface area contributed by atoms with E-state index in [1.165, 1.54) is 13.8 Å². The zero-order chi connectivity index (χ0) is 19.4. The van der Waals surface area contributed by atoms with Crippen LogP contribution < -0.4 is 0 Å². The van der Waals surface area contributed by atoms with E-state index in [0.29, 0.717) is 0 Å². The Morgan fingerprint density at radius 1 is 0.840 bits per heavy atom. The number of carboxylic acids is 1. The topological polar surface area (TPSA) is 157 Å². The Kier molecular flexibility index (Phi) is 11.1. The van der Waals surface area contributed by atoms with E-state index in [0.717, 1.165) is 0 Å². The summed E-state index contributed by atoms with van der Waals surface area (Å²) < 4.78 is 14.3. The van der Waals surface area contributed by atoms with Gasteiger partial charge < -0.3 is 29.5 Å². The molecule has 0 saturated heterocycles. The number of aliphatic carboxylic acids is 1. The lowest BCUT2D eigenvalue weighted by atomic mass is 10.2. The molecule has 0 aromatic rings. The molecule has 0 aromatic heterocycles. The third-order valence-corrected chi connectivity index (χ3v) is 2.67. The van der Waals surface area contributed by atoms with Crippen molar-refractivity contribution in [3.8, 4) is 0 Å². The first kappa shape index (κ1) is 22.8. The molecule has 0 radical (unpaired) electrons. The van der Waals surface area contributed by atoms with Crippen molar-refractivity contribution in [1.29, 1.82) is 0 Å². The van der Waals surface area contributed by atoms with Gasteiger partial charge in [-0.25, -0.2) is 0 Å². The molecule has 0 saturated carbocycles. The summed E-state index contributed by atoms with van der Waals surface area (Å²) in [4.78, 5) is 44.2. The van der Waals surface area contributed by atoms with E-state index < -0.39 is 55.4 Å². The van der Waals surface area contributed by atoms with Crippen LogP contribution in [0.25, 0.3) is 0 Å². The van der Waals surface area contributed by atoms with E-state index in [1.54, 1.807) is 0 Å². The predicted molar refractivity (Wildman–Crippen MR) is 81.3 cm³/mol. The van der Waals surface area contributed by atoms with Gasteiger partial charge in [0.05, 0.1) is 31.8 Å². The normalized spacial score (nSPS) is 14.1. The fourth-order valence-electron chi connectivity index (χ4n) is 1.56. The van der Waals surface area contributed by atoms with Gasteiger partial charge in [-0.3, -0.25) is 19.2 Å². The van der Waals surface area contributed by atoms with Crippen LogP contribution in [0.4, 0.5) is 0 Å². The Hall–Kier alpha value is -2.20.